The lowest BCUT2D eigenvalue weighted by molar-refractivity contribution is -0.131. The summed E-state index contributed by atoms with van der Waals surface area (Å²) in [6.07, 6.45) is 0.942. The molecule has 4 rings (SSSR count). The van der Waals surface area contributed by atoms with E-state index >= 15 is 0 Å². The first-order valence-corrected chi connectivity index (χ1v) is 9.17. The van der Waals surface area contributed by atoms with Crippen molar-refractivity contribution in [1.82, 2.24) is 29.2 Å². The number of para-hydroxylation sites is 1. The number of nitrogens with zero attached hydrogens (tertiary/aromatic N) is 6. The molecule has 140 valence electrons. The van der Waals surface area contributed by atoms with Gasteiger partial charge in [0.2, 0.25) is 5.91 Å². The Balaban J connectivity index is 1.48. The fourth-order valence-electron chi connectivity index (χ4n) is 3.59. The number of aromatic nitrogens is 5. The van der Waals surface area contributed by atoms with Crippen molar-refractivity contribution >= 4 is 16.8 Å². The predicted molar refractivity (Wildman–Crippen MR) is 100 cm³/mol. The van der Waals surface area contributed by atoms with E-state index in [2.05, 4.69) is 15.1 Å². The van der Waals surface area contributed by atoms with Crippen molar-refractivity contribution < 1.29 is 4.79 Å². The summed E-state index contributed by atoms with van der Waals surface area (Å²) < 4.78 is 3.47. The molecule has 1 aromatic carbocycles. The summed E-state index contributed by atoms with van der Waals surface area (Å²) in [5.41, 5.74) is 0.684. The van der Waals surface area contributed by atoms with Crippen LogP contribution in [0, 0.1) is 13.8 Å². The Bertz CT molecular complexity index is 1070. The molecule has 0 saturated heterocycles. The van der Waals surface area contributed by atoms with Crippen LogP contribution in [0.25, 0.3) is 10.9 Å². The molecule has 3 aromatic rings. The summed E-state index contributed by atoms with van der Waals surface area (Å²) in [6.45, 7) is 5.79. The monoisotopic (exact) mass is 366 g/mol. The first-order chi connectivity index (χ1) is 13.0. The first kappa shape index (κ1) is 17.4. The molecule has 1 aliphatic rings. The maximum atomic E-state index is 12.8. The van der Waals surface area contributed by atoms with Gasteiger partial charge in [-0.15, -0.1) is 0 Å². The van der Waals surface area contributed by atoms with E-state index < -0.39 is 0 Å². The zero-order valence-electron chi connectivity index (χ0n) is 15.6. The lowest BCUT2D eigenvalue weighted by Crippen LogP contribution is -2.34. The molecule has 0 fully saturated rings. The van der Waals surface area contributed by atoms with Crippen molar-refractivity contribution in [2.24, 2.45) is 0 Å². The summed E-state index contributed by atoms with van der Waals surface area (Å²) in [4.78, 5) is 36.1. The molecule has 8 heteroatoms. The maximum absolute atomic E-state index is 12.8. The average Bonchev–Trinajstić information content (AvgIpc) is 2.85. The van der Waals surface area contributed by atoms with Crippen molar-refractivity contribution in [3.63, 3.8) is 0 Å². The third kappa shape index (κ3) is 3.34. The number of hydrogen-bond acceptors (Lipinski definition) is 5. The minimum absolute atomic E-state index is 0.0291. The van der Waals surface area contributed by atoms with Gasteiger partial charge in [-0.25, -0.2) is 14.6 Å². The highest BCUT2D eigenvalue weighted by molar-refractivity contribution is 5.78. The Kier molecular flexibility index (Phi) is 4.47. The zero-order chi connectivity index (χ0) is 19.0. The highest BCUT2D eigenvalue weighted by Crippen LogP contribution is 2.12. The van der Waals surface area contributed by atoms with Crippen molar-refractivity contribution in [1.29, 1.82) is 0 Å². The van der Waals surface area contributed by atoms with Crippen LogP contribution >= 0.6 is 0 Å². The molecule has 2 aromatic heterocycles. The molecule has 1 aliphatic heterocycles. The van der Waals surface area contributed by atoms with E-state index in [1.165, 1.54) is 0 Å². The normalized spacial score (nSPS) is 14.2. The summed E-state index contributed by atoms with van der Waals surface area (Å²) in [5, 5.41) is 4.92. The van der Waals surface area contributed by atoms with Gasteiger partial charge in [-0.3, -0.25) is 14.2 Å². The third-order valence-electron chi connectivity index (χ3n) is 4.99. The smallest absolute Gasteiger partial charge is 0.261 e. The Morgan fingerprint density at radius 1 is 1.11 bits per heavy atom. The fourth-order valence-corrected chi connectivity index (χ4v) is 3.59. The van der Waals surface area contributed by atoms with Gasteiger partial charge < -0.3 is 4.90 Å². The topological polar surface area (TPSA) is 85.9 Å². The molecule has 3 heterocycles. The van der Waals surface area contributed by atoms with Crippen LogP contribution in [-0.2, 0) is 24.3 Å². The van der Waals surface area contributed by atoms with Crippen molar-refractivity contribution in [2.45, 2.75) is 39.8 Å². The largest absolute Gasteiger partial charge is 0.340 e. The zero-order valence-corrected chi connectivity index (χ0v) is 15.6. The van der Waals surface area contributed by atoms with E-state index in [-0.39, 0.29) is 11.5 Å². The van der Waals surface area contributed by atoms with E-state index in [0.717, 1.165) is 11.6 Å². The minimum Gasteiger partial charge on any atom is -0.340 e. The number of fused-ring (bicyclic) bond motifs is 2. The lowest BCUT2D eigenvalue weighted by Gasteiger charge is -2.19. The van der Waals surface area contributed by atoms with Crippen LogP contribution in [0.15, 0.2) is 29.1 Å². The molecule has 0 N–H and O–H groups in total. The second-order valence-electron chi connectivity index (χ2n) is 6.81. The van der Waals surface area contributed by atoms with E-state index in [9.17, 15) is 9.59 Å². The van der Waals surface area contributed by atoms with Gasteiger partial charge in [0.05, 0.1) is 17.4 Å². The minimum atomic E-state index is -0.0291. The van der Waals surface area contributed by atoms with Crippen molar-refractivity contribution in [3.8, 4) is 0 Å². The van der Waals surface area contributed by atoms with Gasteiger partial charge in [0.1, 0.15) is 17.5 Å². The van der Waals surface area contributed by atoms with Crippen LogP contribution in [0.5, 0.6) is 0 Å². The third-order valence-corrected chi connectivity index (χ3v) is 4.99. The molecule has 1 amide bonds. The summed E-state index contributed by atoms with van der Waals surface area (Å²) in [7, 11) is 0. The number of aryl methyl sites for hydroxylation is 3. The molecule has 0 bridgehead atoms. The molecule has 0 radical (unpaired) electrons. The fraction of sp³-hybridized carbons (Fsp3) is 0.421. The van der Waals surface area contributed by atoms with Crippen LogP contribution in [0.2, 0.25) is 0 Å². The number of hydrogen-bond donors (Lipinski definition) is 0. The summed E-state index contributed by atoms with van der Waals surface area (Å²) >= 11 is 0. The first-order valence-electron chi connectivity index (χ1n) is 9.17. The van der Waals surface area contributed by atoms with E-state index in [1.54, 1.807) is 15.3 Å². The molecule has 0 atom stereocenters. The van der Waals surface area contributed by atoms with Crippen LogP contribution < -0.4 is 5.56 Å². The van der Waals surface area contributed by atoms with Crippen LogP contribution in [0.1, 0.15) is 23.9 Å². The summed E-state index contributed by atoms with van der Waals surface area (Å²) in [6, 6.07) is 7.38. The van der Waals surface area contributed by atoms with Gasteiger partial charge in [-0.05, 0) is 26.0 Å². The molecule has 8 nitrogen and oxygen atoms in total. The van der Waals surface area contributed by atoms with E-state index in [4.69, 9.17) is 0 Å². The highest BCUT2D eigenvalue weighted by atomic mass is 16.2. The maximum Gasteiger partial charge on any atom is 0.261 e. The number of benzene rings is 1. The van der Waals surface area contributed by atoms with Gasteiger partial charge in [0.25, 0.3) is 5.56 Å². The Labute approximate surface area is 156 Å². The average molecular weight is 366 g/mol. The number of rotatable bonds is 3. The predicted octanol–water partition coefficient (Wildman–Crippen LogP) is 1.08. The second kappa shape index (κ2) is 6.94. The number of amides is 1. The number of carbonyl (C=O) groups excluding carboxylic acids is 1. The molecule has 0 saturated carbocycles. The van der Waals surface area contributed by atoms with Crippen LogP contribution in [0.4, 0.5) is 0 Å². The van der Waals surface area contributed by atoms with E-state index in [1.807, 2.05) is 36.9 Å². The van der Waals surface area contributed by atoms with Gasteiger partial charge in [0, 0.05) is 32.5 Å². The Morgan fingerprint density at radius 2 is 1.93 bits per heavy atom. The molecule has 0 unspecified atom stereocenters. The summed E-state index contributed by atoms with van der Waals surface area (Å²) in [5.74, 6) is 2.33. The molecular formula is C19H22N6O2. The number of carbonyl (C=O) groups is 1. The van der Waals surface area contributed by atoms with Crippen molar-refractivity contribution in [2.75, 3.05) is 13.1 Å². The Morgan fingerprint density at radius 3 is 2.70 bits per heavy atom. The van der Waals surface area contributed by atoms with Crippen LogP contribution in [-0.4, -0.2) is 48.2 Å². The van der Waals surface area contributed by atoms with Gasteiger partial charge in [-0.2, -0.15) is 5.10 Å². The molecule has 0 spiro atoms. The quantitative estimate of drug-likeness (QED) is 0.692. The standard InChI is InChI=1S/C19H22N6O2/c1-13-20-14(2)25(22-13)10-8-18(26)23-9-7-17-21-16-6-4-3-5-15(16)19(27)24(17)12-11-23/h3-6H,7-12H2,1-2H3. The van der Waals surface area contributed by atoms with E-state index in [0.29, 0.717) is 55.7 Å². The molecule has 27 heavy (non-hydrogen) atoms. The van der Waals surface area contributed by atoms with Gasteiger partial charge in [-0.1, -0.05) is 12.1 Å². The highest BCUT2D eigenvalue weighted by Gasteiger charge is 2.21. The SMILES string of the molecule is Cc1nc(C)n(CCC(=O)N2CCc3nc4ccccc4c(=O)n3CC2)n1. The Hall–Kier alpha value is -3.03. The van der Waals surface area contributed by atoms with Gasteiger partial charge >= 0.3 is 0 Å². The molecule has 0 aliphatic carbocycles. The molecular weight excluding hydrogens is 344 g/mol. The van der Waals surface area contributed by atoms with Crippen molar-refractivity contribution in [3.05, 3.63) is 52.1 Å². The second-order valence-corrected chi connectivity index (χ2v) is 6.81. The lowest BCUT2D eigenvalue weighted by atomic mass is 10.2. The van der Waals surface area contributed by atoms with Crippen LogP contribution in [0.3, 0.4) is 0 Å². The van der Waals surface area contributed by atoms with Gasteiger partial charge in [0.15, 0.2) is 0 Å².